The highest BCUT2D eigenvalue weighted by atomic mass is 16.5. The van der Waals surface area contributed by atoms with Gasteiger partial charge in [-0.15, -0.1) is 0 Å². The van der Waals surface area contributed by atoms with Crippen LogP contribution < -0.4 is 5.32 Å². The average Bonchev–Trinajstić information content (AvgIpc) is 2.84. The maximum absolute atomic E-state index is 5.39. The summed E-state index contributed by atoms with van der Waals surface area (Å²) >= 11 is 0. The van der Waals surface area contributed by atoms with E-state index in [2.05, 4.69) is 10.2 Å². The van der Waals surface area contributed by atoms with Crippen LogP contribution in [0.4, 0.5) is 0 Å². The molecule has 0 radical (unpaired) electrons. The Balaban J connectivity index is 1.48. The molecule has 1 heterocycles. The molecular weight excluding hydrogens is 212 g/mol. The first-order chi connectivity index (χ1) is 8.38. The normalized spacial score (nSPS) is 27.7. The van der Waals surface area contributed by atoms with Gasteiger partial charge in [-0.1, -0.05) is 19.3 Å². The Hall–Kier alpha value is -0.120. The Morgan fingerprint density at radius 1 is 1.18 bits per heavy atom. The lowest BCUT2D eigenvalue weighted by Gasteiger charge is -2.23. The standard InChI is InChI=1S/C14H28N2O/c1-17-14-8-11-16(12-14)10-5-9-15-13-6-3-2-4-7-13/h13-15H,2-12H2,1H3. The summed E-state index contributed by atoms with van der Waals surface area (Å²) in [6, 6.07) is 0.814. The number of nitrogens with zero attached hydrogens (tertiary/aromatic N) is 1. The van der Waals surface area contributed by atoms with Crippen LogP contribution >= 0.6 is 0 Å². The van der Waals surface area contributed by atoms with Crippen molar-refractivity contribution in [2.24, 2.45) is 0 Å². The molecule has 1 N–H and O–H groups in total. The number of rotatable bonds is 6. The smallest absolute Gasteiger partial charge is 0.0710 e. The van der Waals surface area contributed by atoms with E-state index in [1.165, 1.54) is 64.6 Å². The lowest BCUT2D eigenvalue weighted by Crippen LogP contribution is -2.33. The van der Waals surface area contributed by atoms with E-state index in [1.807, 2.05) is 7.11 Å². The van der Waals surface area contributed by atoms with Crippen LogP contribution in [0.15, 0.2) is 0 Å². The van der Waals surface area contributed by atoms with E-state index in [4.69, 9.17) is 4.74 Å². The van der Waals surface area contributed by atoms with E-state index in [0.717, 1.165) is 12.6 Å². The fraction of sp³-hybridized carbons (Fsp3) is 1.00. The highest BCUT2D eigenvalue weighted by molar-refractivity contribution is 4.76. The monoisotopic (exact) mass is 240 g/mol. The highest BCUT2D eigenvalue weighted by Crippen LogP contribution is 2.17. The van der Waals surface area contributed by atoms with Crippen molar-refractivity contribution in [2.45, 2.75) is 57.1 Å². The molecule has 1 atom stereocenters. The van der Waals surface area contributed by atoms with Crippen molar-refractivity contribution in [3.8, 4) is 0 Å². The lowest BCUT2D eigenvalue weighted by atomic mass is 9.95. The molecule has 0 aromatic carbocycles. The minimum atomic E-state index is 0.487. The SMILES string of the molecule is COC1CCN(CCCNC2CCCCC2)C1. The van der Waals surface area contributed by atoms with Crippen LogP contribution in [0.25, 0.3) is 0 Å². The predicted molar refractivity (Wildman–Crippen MR) is 71.3 cm³/mol. The van der Waals surface area contributed by atoms with Gasteiger partial charge in [0, 0.05) is 26.2 Å². The Bertz CT molecular complexity index is 204. The summed E-state index contributed by atoms with van der Waals surface area (Å²) in [5, 5.41) is 3.71. The molecule has 1 saturated heterocycles. The van der Waals surface area contributed by atoms with E-state index >= 15 is 0 Å². The molecule has 1 saturated carbocycles. The van der Waals surface area contributed by atoms with Crippen LogP contribution in [0, 0.1) is 0 Å². The summed E-state index contributed by atoms with van der Waals surface area (Å²) in [4.78, 5) is 2.54. The van der Waals surface area contributed by atoms with Crippen LogP contribution in [-0.4, -0.2) is 50.3 Å². The van der Waals surface area contributed by atoms with Gasteiger partial charge in [0.05, 0.1) is 6.10 Å². The van der Waals surface area contributed by atoms with Crippen molar-refractivity contribution in [2.75, 3.05) is 33.3 Å². The van der Waals surface area contributed by atoms with Crippen molar-refractivity contribution < 1.29 is 4.74 Å². The molecule has 2 aliphatic rings. The second-order valence-corrected chi connectivity index (χ2v) is 5.59. The third kappa shape index (κ3) is 4.57. The summed E-state index contributed by atoms with van der Waals surface area (Å²) in [6.45, 7) is 4.79. The molecule has 2 fully saturated rings. The summed E-state index contributed by atoms with van der Waals surface area (Å²) < 4.78 is 5.39. The van der Waals surface area contributed by atoms with E-state index < -0.39 is 0 Å². The molecule has 3 nitrogen and oxygen atoms in total. The first kappa shape index (κ1) is 13.3. The minimum absolute atomic E-state index is 0.487. The zero-order valence-corrected chi connectivity index (χ0v) is 11.3. The van der Waals surface area contributed by atoms with Gasteiger partial charge in [-0.2, -0.15) is 0 Å². The van der Waals surface area contributed by atoms with E-state index in [1.54, 1.807) is 0 Å². The predicted octanol–water partition coefficient (Wildman–Crippen LogP) is 2.02. The van der Waals surface area contributed by atoms with E-state index in [0.29, 0.717) is 6.10 Å². The summed E-state index contributed by atoms with van der Waals surface area (Å²) in [5.41, 5.74) is 0. The molecule has 100 valence electrons. The maximum Gasteiger partial charge on any atom is 0.0710 e. The first-order valence-electron chi connectivity index (χ1n) is 7.37. The largest absolute Gasteiger partial charge is 0.380 e. The van der Waals surface area contributed by atoms with Gasteiger partial charge in [0.2, 0.25) is 0 Å². The minimum Gasteiger partial charge on any atom is -0.380 e. The zero-order valence-electron chi connectivity index (χ0n) is 11.3. The van der Waals surface area contributed by atoms with Crippen LogP contribution in [0.5, 0.6) is 0 Å². The Morgan fingerprint density at radius 3 is 2.71 bits per heavy atom. The molecule has 1 aliphatic carbocycles. The van der Waals surface area contributed by atoms with Gasteiger partial charge in [0.15, 0.2) is 0 Å². The molecule has 0 aromatic heterocycles. The van der Waals surface area contributed by atoms with Gasteiger partial charge in [-0.3, -0.25) is 0 Å². The lowest BCUT2D eigenvalue weighted by molar-refractivity contribution is 0.108. The number of nitrogens with one attached hydrogen (secondary N) is 1. The van der Waals surface area contributed by atoms with Gasteiger partial charge in [0.1, 0.15) is 0 Å². The molecular formula is C14H28N2O. The Kier molecular flexibility index (Phi) is 5.75. The van der Waals surface area contributed by atoms with Crippen molar-refractivity contribution >= 4 is 0 Å². The van der Waals surface area contributed by atoms with Crippen LogP contribution in [0.1, 0.15) is 44.9 Å². The summed E-state index contributed by atoms with van der Waals surface area (Å²) in [6.07, 6.45) is 10.1. The van der Waals surface area contributed by atoms with Crippen LogP contribution in [0.3, 0.4) is 0 Å². The van der Waals surface area contributed by atoms with Gasteiger partial charge < -0.3 is 15.0 Å². The average molecular weight is 240 g/mol. The summed E-state index contributed by atoms with van der Waals surface area (Å²) in [5.74, 6) is 0. The van der Waals surface area contributed by atoms with Crippen LogP contribution in [-0.2, 0) is 4.74 Å². The van der Waals surface area contributed by atoms with Gasteiger partial charge >= 0.3 is 0 Å². The van der Waals surface area contributed by atoms with Gasteiger partial charge in [0.25, 0.3) is 0 Å². The van der Waals surface area contributed by atoms with Gasteiger partial charge in [-0.25, -0.2) is 0 Å². The van der Waals surface area contributed by atoms with Crippen molar-refractivity contribution in [1.29, 1.82) is 0 Å². The second kappa shape index (κ2) is 7.34. The Labute approximate surface area is 106 Å². The van der Waals surface area contributed by atoms with Crippen molar-refractivity contribution in [3.05, 3.63) is 0 Å². The number of hydrogen-bond acceptors (Lipinski definition) is 3. The zero-order chi connectivity index (χ0) is 11.9. The fourth-order valence-corrected chi connectivity index (χ4v) is 3.11. The third-order valence-electron chi connectivity index (χ3n) is 4.25. The molecule has 17 heavy (non-hydrogen) atoms. The van der Waals surface area contributed by atoms with Crippen LogP contribution in [0.2, 0.25) is 0 Å². The molecule has 0 amide bonds. The molecule has 1 aliphatic heterocycles. The topological polar surface area (TPSA) is 24.5 Å². The molecule has 1 unspecified atom stereocenters. The number of hydrogen-bond donors (Lipinski definition) is 1. The van der Waals surface area contributed by atoms with Crippen molar-refractivity contribution in [3.63, 3.8) is 0 Å². The third-order valence-corrected chi connectivity index (χ3v) is 4.25. The molecule has 0 spiro atoms. The maximum atomic E-state index is 5.39. The van der Waals surface area contributed by atoms with E-state index in [9.17, 15) is 0 Å². The molecule has 0 bridgehead atoms. The number of ether oxygens (including phenoxy) is 1. The Morgan fingerprint density at radius 2 is 2.00 bits per heavy atom. The second-order valence-electron chi connectivity index (χ2n) is 5.59. The van der Waals surface area contributed by atoms with Gasteiger partial charge in [-0.05, 0) is 38.8 Å². The molecule has 2 rings (SSSR count). The quantitative estimate of drug-likeness (QED) is 0.719. The van der Waals surface area contributed by atoms with E-state index in [-0.39, 0.29) is 0 Å². The fourth-order valence-electron chi connectivity index (χ4n) is 3.11. The molecule has 0 aromatic rings. The number of likely N-dealkylation sites (tertiary alicyclic amines) is 1. The number of methoxy groups -OCH3 is 1. The van der Waals surface area contributed by atoms with Crippen molar-refractivity contribution in [1.82, 2.24) is 10.2 Å². The first-order valence-corrected chi connectivity index (χ1v) is 7.37. The summed E-state index contributed by atoms with van der Waals surface area (Å²) in [7, 11) is 1.83. The molecule has 3 heteroatoms. The highest BCUT2D eigenvalue weighted by Gasteiger charge is 2.21.